The zero-order valence-corrected chi connectivity index (χ0v) is 18.3. The zero-order valence-electron chi connectivity index (χ0n) is 16.8. The number of nitrogens with zero attached hydrogens (tertiary/aromatic N) is 1. The quantitative estimate of drug-likeness (QED) is 0.622. The number of rotatable bonds is 1. The molecular weight excluding hydrogens is 407 g/mol. The van der Waals surface area contributed by atoms with Crippen LogP contribution in [0.2, 0.25) is 10.0 Å². The Kier molecular flexibility index (Phi) is 5.12. The Morgan fingerprint density at radius 3 is 2.59 bits per heavy atom. The third-order valence-corrected chi connectivity index (χ3v) is 6.28. The molecule has 1 unspecified atom stereocenters. The highest BCUT2D eigenvalue weighted by Crippen LogP contribution is 2.48. The highest BCUT2D eigenvalue weighted by Gasteiger charge is 2.44. The van der Waals surface area contributed by atoms with Gasteiger partial charge in [0.05, 0.1) is 17.4 Å². The maximum atomic E-state index is 13.4. The van der Waals surface area contributed by atoms with Gasteiger partial charge < -0.3 is 5.32 Å². The van der Waals surface area contributed by atoms with E-state index in [9.17, 15) is 9.59 Å². The minimum atomic E-state index is -0.585. The third kappa shape index (κ3) is 3.64. The molecule has 1 aromatic carbocycles. The first-order valence-corrected chi connectivity index (χ1v) is 10.6. The lowest BCUT2D eigenvalue weighted by molar-refractivity contribution is -0.128. The van der Waals surface area contributed by atoms with Crippen LogP contribution in [-0.4, -0.2) is 16.6 Å². The maximum Gasteiger partial charge on any atom is 0.224 e. The fourth-order valence-corrected chi connectivity index (χ4v) is 5.08. The summed E-state index contributed by atoms with van der Waals surface area (Å²) in [5, 5.41) is 4.47. The second-order valence-corrected chi connectivity index (χ2v) is 9.54. The van der Waals surface area contributed by atoms with Crippen LogP contribution < -0.4 is 5.32 Å². The van der Waals surface area contributed by atoms with Crippen molar-refractivity contribution in [1.29, 1.82) is 0 Å². The number of fused-ring (bicyclic) bond motifs is 1. The van der Waals surface area contributed by atoms with Crippen molar-refractivity contribution in [2.24, 2.45) is 5.41 Å². The van der Waals surface area contributed by atoms with Crippen LogP contribution in [0.4, 0.5) is 0 Å². The molecule has 1 atom stereocenters. The van der Waals surface area contributed by atoms with E-state index in [4.69, 9.17) is 23.2 Å². The van der Waals surface area contributed by atoms with E-state index in [1.54, 1.807) is 17.0 Å². The summed E-state index contributed by atoms with van der Waals surface area (Å²) in [6.07, 6.45) is 7.06. The average molecular weight is 431 g/mol. The van der Waals surface area contributed by atoms with Gasteiger partial charge in [0, 0.05) is 34.7 Å². The number of benzene rings is 1. The molecule has 0 fully saturated rings. The van der Waals surface area contributed by atoms with Crippen LogP contribution in [0.3, 0.4) is 0 Å². The van der Waals surface area contributed by atoms with Gasteiger partial charge in [-0.2, -0.15) is 0 Å². The number of ketones is 1. The number of allylic oxidation sites excluding steroid dienone is 3. The molecule has 1 aliphatic heterocycles. The predicted octanol–water partition coefficient (Wildman–Crippen LogP) is 5.69. The number of nitrogens with one attached hydrogen (secondary N) is 1. The molecule has 152 valence electrons. The molecule has 0 radical (unpaired) electrons. The molecule has 1 amide bonds. The Labute approximate surface area is 181 Å². The van der Waals surface area contributed by atoms with E-state index in [2.05, 4.69) is 31.3 Å². The normalized spacial score (nSPS) is 23.4. The number of halogens is 2. The molecule has 1 aromatic rings. The van der Waals surface area contributed by atoms with E-state index >= 15 is 0 Å². The van der Waals surface area contributed by atoms with Crippen molar-refractivity contribution in [1.82, 2.24) is 10.2 Å². The van der Waals surface area contributed by atoms with Crippen LogP contribution >= 0.6 is 23.2 Å². The number of hydrogen-bond acceptors (Lipinski definition) is 3. The Morgan fingerprint density at radius 2 is 1.90 bits per heavy atom. The lowest BCUT2D eigenvalue weighted by Crippen LogP contribution is -2.37. The van der Waals surface area contributed by atoms with Gasteiger partial charge in [-0.15, -0.1) is 0 Å². The fourth-order valence-electron chi connectivity index (χ4n) is 4.57. The molecular formula is C23H24Cl2N2O2. The summed E-state index contributed by atoms with van der Waals surface area (Å²) in [5.74, 6) is -0.0842. The van der Waals surface area contributed by atoms with Crippen LogP contribution in [0.5, 0.6) is 0 Å². The van der Waals surface area contributed by atoms with Gasteiger partial charge in [-0.1, -0.05) is 55.3 Å². The lowest BCUT2D eigenvalue weighted by atomic mass is 9.73. The minimum Gasteiger partial charge on any atom is -0.357 e. The molecule has 0 bridgehead atoms. The van der Waals surface area contributed by atoms with Crippen molar-refractivity contribution >= 4 is 34.9 Å². The SMILES string of the molecule is CC(=O)N1C2=CCCC=C2NC2=C(C(=O)CC(C)(C)C2)C1c1ccc(Cl)cc1Cl. The first-order valence-electron chi connectivity index (χ1n) is 9.87. The van der Waals surface area contributed by atoms with Gasteiger partial charge in [0.1, 0.15) is 0 Å². The summed E-state index contributed by atoms with van der Waals surface area (Å²) in [6.45, 7) is 5.73. The van der Waals surface area contributed by atoms with Gasteiger partial charge in [-0.25, -0.2) is 0 Å². The second kappa shape index (κ2) is 7.33. The number of hydrogen-bond donors (Lipinski definition) is 1. The molecule has 0 spiro atoms. The first-order chi connectivity index (χ1) is 13.7. The van der Waals surface area contributed by atoms with Crippen molar-refractivity contribution in [2.75, 3.05) is 0 Å². The summed E-state index contributed by atoms with van der Waals surface area (Å²) < 4.78 is 0. The molecule has 4 nitrogen and oxygen atoms in total. The van der Waals surface area contributed by atoms with Crippen molar-refractivity contribution in [3.8, 4) is 0 Å². The summed E-state index contributed by atoms with van der Waals surface area (Å²) in [5.41, 5.74) is 3.75. The molecule has 2 aliphatic carbocycles. The largest absolute Gasteiger partial charge is 0.357 e. The van der Waals surface area contributed by atoms with Crippen molar-refractivity contribution in [3.05, 3.63) is 68.6 Å². The number of carbonyl (C=O) groups excluding carboxylic acids is 2. The van der Waals surface area contributed by atoms with E-state index in [-0.39, 0.29) is 17.1 Å². The van der Waals surface area contributed by atoms with Crippen molar-refractivity contribution in [2.45, 2.75) is 52.5 Å². The number of amides is 1. The molecule has 29 heavy (non-hydrogen) atoms. The second-order valence-electron chi connectivity index (χ2n) is 8.70. The fraction of sp³-hybridized carbons (Fsp3) is 0.391. The van der Waals surface area contributed by atoms with Gasteiger partial charge in [-0.3, -0.25) is 14.5 Å². The van der Waals surface area contributed by atoms with Crippen LogP contribution in [-0.2, 0) is 9.59 Å². The molecule has 6 heteroatoms. The number of Topliss-reactive ketones (excluding diaryl/α,β-unsaturated/α-hetero) is 1. The summed E-state index contributed by atoms with van der Waals surface area (Å²) in [7, 11) is 0. The standard InChI is InChI=1S/C23H24Cl2N2O2/c1-13(28)27-19-7-5-4-6-17(19)26-18-11-23(2,3)12-20(29)21(18)22(27)15-9-8-14(24)10-16(15)25/h6-10,22,26H,4-5,11-12H2,1-3H3. The van der Waals surface area contributed by atoms with Gasteiger partial charge in [-0.05, 0) is 42.4 Å². The molecule has 1 heterocycles. The van der Waals surface area contributed by atoms with Crippen molar-refractivity contribution < 1.29 is 9.59 Å². The summed E-state index contributed by atoms with van der Waals surface area (Å²) in [6, 6.07) is 4.65. The molecule has 0 saturated heterocycles. The summed E-state index contributed by atoms with van der Waals surface area (Å²) >= 11 is 12.7. The monoisotopic (exact) mass is 430 g/mol. The van der Waals surface area contributed by atoms with E-state index in [1.165, 1.54) is 6.92 Å². The highest BCUT2D eigenvalue weighted by molar-refractivity contribution is 6.35. The van der Waals surface area contributed by atoms with Gasteiger partial charge in [0.15, 0.2) is 5.78 Å². The van der Waals surface area contributed by atoms with Crippen LogP contribution in [0.15, 0.2) is 53.0 Å². The van der Waals surface area contributed by atoms with Crippen LogP contribution in [0.25, 0.3) is 0 Å². The Bertz CT molecular complexity index is 1000. The molecule has 1 N–H and O–H groups in total. The van der Waals surface area contributed by atoms with E-state index < -0.39 is 6.04 Å². The van der Waals surface area contributed by atoms with Crippen LogP contribution in [0.1, 0.15) is 58.1 Å². The Hall–Kier alpha value is -2.04. The minimum absolute atomic E-state index is 0.0471. The smallest absolute Gasteiger partial charge is 0.224 e. The lowest BCUT2D eigenvalue weighted by Gasteiger charge is -2.37. The average Bonchev–Trinajstić information content (AvgIpc) is 2.74. The van der Waals surface area contributed by atoms with Gasteiger partial charge in [0.2, 0.25) is 5.91 Å². The maximum absolute atomic E-state index is 13.4. The summed E-state index contributed by atoms with van der Waals surface area (Å²) in [4.78, 5) is 28.0. The van der Waals surface area contributed by atoms with E-state index in [0.29, 0.717) is 27.6 Å². The van der Waals surface area contributed by atoms with Gasteiger partial charge >= 0.3 is 0 Å². The number of carbonyl (C=O) groups is 2. The molecule has 3 aliphatic rings. The van der Waals surface area contributed by atoms with E-state index in [0.717, 1.165) is 36.4 Å². The zero-order chi connectivity index (χ0) is 20.9. The third-order valence-electron chi connectivity index (χ3n) is 5.72. The van der Waals surface area contributed by atoms with Crippen LogP contribution in [0, 0.1) is 5.41 Å². The Morgan fingerprint density at radius 1 is 1.17 bits per heavy atom. The van der Waals surface area contributed by atoms with Gasteiger partial charge in [0.25, 0.3) is 0 Å². The van der Waals surface area contributed by atoms with E-state index in [1.807, 2.05) is 6.07 Å². The topological polar surface area (TPSA) is 49.4 Å². The highest BCUT2D eigenvalue weighted by atomic mass is 35.5. The first kappa shape index (κ1) is 20.2. The molecule has 0 aromatic heterocycles. The van der Waals surface area contributed by atoms with Crippen molar-refractivity contribution in [3.63, 3.8) is 0 Å². The molecule has 0 saturated carbocycles. The predicted molar refractivity (Wildman–Crippen MR) is 115 cm³/mol. The molecule has 4 rings (SSSR count). The Balaban J connectivity index is 2.00.